The number of aliphatic carboxylic acids is 1. The molecule has 1 aromatic rings. The van der Waals surface area contributed by atoms with Crippen LogP contribution in [0, 0.1) is 5.82 Å². The number of unbranched alkanes of at least 4 members (excludes halogenated alkanes) is 3. The van der Waals surface area contributed by atoms with E-state index in [0.29, 0.717) is 17.9 Å². The Morgan fingerprint density at radius 2 is 2.11 bits per heavy atom. The van der Waals surface area contributed by atoms with E-state index in [1.165, 1.54) is 24.6 Å². The summed E-state index contributed by atoms with van der Waals surface area (Å²) < 4.78 is 18.8. The lowest BCUT2D eigenvalue weighted by molar-refractivity contribution is -0.131. The fourth-order valence-corrected chi connectivity index (χ4v) is 1.65. The first-order chi connectivity index (χ1) is 9.11. The Morgan fingerprint density at radius 1 is 1.32 bits per heavy atom. The molecule has 0 fully saturated rings. The second-order valence-electron chi connectivity index (χ2n) is 4.30. The van der Waals surface area contributed by atoms with Crippen LogP contribution in [0.1, 0.15) is 38.2 Å². The average Bonchev–Trinajstić information content (AvgIpc) is 2.35. The van der Waals surface area contributed by atoms with Gasteiger partial charge in [-0.2, -0.15) is 0 Å². The van der Waals surface area contributed by atoms with E-state index in [2.05, 4.69) is 6.92 Å². The SMILES string of the molecule is CCCCCCOc1cc(F)cc(/C=C/C(=O)O)c1. The first-order valence-electron chi connectivity index (χ1n) is 6.46. The molecule has 0 radical (unpaired) electrons. The molecule has 0 aliphatic heterocycles. The van der Waals surface area contributed by atoms with Crippen LogP contribution in [-0.4, -0.2) is 17.7 Å². The number of hydrogen-bond donors (Lipinski definition) is 1. The molecule has 1 aromatic carbocycles. The van der Waals surface area contributed by atoms with Crippen molar-refractivity contribution < 1.29 is 19.0 Å². The van der Waals surface area contributed by atoms with Gasteiger partial charge in [0, 0.05) is 12.1 Å². The zero-order chi connectivity index (χ0) is 14.1. The molecule has 0 spiro atoms. The minimum Gasteiger partial charge on any atom is -0.493 e. The van der Waals surface area contributed by atoms with Gasteiger partial charge in [0.25, 0.3) is 0 Å². The van der Waals surface area contributed by atoms with Crippen molar-refractivity contribution in [3.63, 3.8) is 0 Å². The molecule has 104 valence electrons. The minimum atomic E-state index is -1.06. The van der Waals surface area contributed by atoms with Crippen molar-refractivity contribution in [3.05, 3.63) is 35.7 Å². The highest BCUT2D eigenvalue weighted by atomic mass is 19.1. The van der Waals surface area contributed by atoms with Gasteiger partial charge in [-0.25, -0.2) is 9.18 Å². The third kappa shape index (κ3) is 6.60. The number of carbonyl (C=O) groups is 1. The van der Waals surface area contributed by atoms with E-state index < -0.39 is 11.8 Å². The third-order valence-corrected chi connectivity index (χ3v) is 2.58. The van der Waals surface area contributed by atoms with Gasteiger partial charge in [-0.3, -0.25) is 0 Å². The summed E-state index contributed by atoms with van der Waals surface area (Å²) in [6.45, 7) is 2.68. The molecule has 0 aliphatic carbocycles. The normalized spacial score (nSPS) is 10.8. The second kappa shape index (κ2) is 8.29. The second-order valence-corrected chi connectivity index (χ2v) is 4.30. The quantitative estimate of drug-likeness (QED) is 0.573. The number of hydrogen-bond acceptors (Lipinski definition) is 2. The molecular formula is C15H19FO3. The van der Waals surface area contributed by atoms with Gasteiger partial charge >= 0.3 is 5.97 Å². The summed E-state index contributed by atoms with van der Waals surface area (Å²) in [5, 5.41) is 8.53. The van der Waals surface area contributed by atoms with Gasteiger partial charge in [-0.15, -0.1) is 0 Å². The highest BCUT2D eigenvalue weighted by molar-refractivity contribution is 5.85. The summed E-state index contributed by atoms with van der Waals surface area (Å²) in [6.07, 6.45) is 6.67. The van der Waals surface area contributed by atoms with Gasteiger partial charge in [0.1, 0.15) is 11.6 Å². The molecule has 0 bridgehead atoms. The largest absolute Gasteiger partial charge is 0.493 e. The van der Waals surface area contributed by atoms with Crippen LogP contribution >= 0.6 is 0 Å². The molecule has 19 heavy (non-hydrogen) atoms. The van der Waals surface area contributed by atoms with Crippen molar-refractivity contribution in [2.75, 3.05) is 6.61 Å². The molecule has 0 amide bonds. The first kappa shape index (κ1) is 15.2. The smallest absolute Gasteiger partial charge is 0.328 e. The maximum absolute atomic E-state index is 13.3. The number of benzene rings is 1. The molecule has 1 rings (SSSR count). The summed E-state index contributed by atoms with van der Waals surface area (Å²) >= 11 is 0. The minimum absolute atomic E-state index is 0.432. The van der Waals surface area contributed by atoms with E-state index in [1.807, 2.05) is 0 Å². The van der Waals surface area contributed by atoms with Gasteiger partial charge in [0.05, 0.1) is 6.61 Å². The van der Waals surface area contributed by atoms with E-state index in [0.717, 1.165) is 25.3 Å². The molecule has 0 aromatic heterocycles. The maximum Gasteiger partial charge on any atom is 0.328 e. The van der Waals surface area contributed by atoms with E-state index in [4.69, 9.17) is 9.84 Å². The Hall–Kier alpha value is -1.84. The zero-order valence-corrected chi connectivity index (χ0v) is 11.1. The predicted molar refractivity (Wildman–Crippen MR) is 72.7 cm³/mol. The Labute approximate surface area is 112 Å². The lowest BCUT2D eigenvalue weighted by Crippen LogP contribution is -1.98. The molecular weight excluding hydrogens is 247 g/mol. The Bertz CT molecular complexity index is 441. The molecule has 3 nitrogen and oxygen atoms in total. The van der Waals surface area contributed by atoms with Crippen molar-refractivity contribution in [1.29, 1.82) is 0 Å². The van der Waals surface area contributed by atoms with Gasteiger partial charge in [-0.05, 0) is 30.2 Å². The predicted octanol–water partition coefficient (Wildman–Crippen LogP) is 3.88. The summed E-state index contributed by atoms with van der Waals surface area (Å²) in [6, 6.07) is 4.20. The van der Waals surface area contributed by atoms with E-state index in [1.54, 1.807) is 6.07 Å². The average molecular weight is 266 g/mol. The molecule has 0 heterocycles. The number of halogens is 1. The number of rotatable bonds is 8. The van der Waals surface area contributed by atoms with Crippen LogP contribution < -0.4 is 4.74 Å². The summed E-state index contributed by atoms with van der Waals surface area (Å²) in [5.41, 5.74) is 0.478. The number of ether oxygens (including phenoxy) is 1. The lowest BCUT2D eigenvalue weighted by Gasteiger charge is -2.07. The van der Waals surface area contributed by atoms with E-state index in [9.17, 15) is 9.18 Å². The van der Waals surface area contributed by atoms with E-state index in [-0.39, 0.29) is 0 Å². The molecule has 0 unspecified atom stereocenters. The highest BCUT2D eigenvalue weighted by Gasteiger charge is 2.01. The van der Waals surface area contributed by atoms with Crippen LogP contribution in [0.2, 0.25) is 0 Å². The zero-order valence-electron chi connectivity index (χ0n) is 11.1. The molecule has 4 heteroatoms. The highest BCUT2D eigenvalue weighted by Crippen LogP contribution is 2.18. The van der Waals surface area contributed by atoms with Crippen molar-refractivity contribution in [1.82, 2.24) is 0 Å². The molecule has 0 saturated carbocycles. The number of carboxylic acid groups (broad SMARTS) is 1. The van der Waals surface area contributed by atoms with Crippen molar-refractivity contribution in [2.45, 2.75) is 32.6 Å². The standard InChI is InChI=1S/C15H19FO3/c1-2-3-4-5-8-19-14-10-12(6-7-15(17)18)9-13(16)11-14/h6-7,9-11H,2-5,8H2,1H3,(H,17,18)/b7-6+. The van der Waals surface area contributed by atoms with Crippen molar-refractivity contribution in [2.24, 2.45) is 0 Å². The van der Waals surface area contributed by atoms with Crippen LogP contribution in [-0.2, 0) is 4.79 Å². The summed E-state index contributed by atoms with van der Waals surface area (Å²) in [7, 11) is 0. The fraction of sp³-hybridized carbons (Fsp3) is 0.400. The van der Waals surface area contributed by atoms with Crippen molar-refractivity contribution in [3.8, 4) is 5.75 Å². The van der Waals surface area contributed by atoms with Gasteiger partial charge in [0.15, 0.2) is 0 Å². The maximum atomic E-state index is 13.3. The van der Waals surface area contributed by atoms with Crippen LogP contribution in [0.15, 0.2) is 24.3 Å². The summed E-state index contributed by atoms with van der Waals surface area (Å²) in [5.74, 6) is -1.07. The molecule has 0 aliphatic rings. The van der Waals surface area contributed by atoms with Gasteiger partial charge < -0.3 is 9.84 Å². The first-order valence-corrected chi connectivity index (χ1v) is 6.46. The van der Waals surface area contributed by atoms with Gasteiger partial charge in [0.2, 0.25) is 0 Å². The Balaban J connectivity index is 2.56. The third-order valence-electron chi connectivity index (χ3n) is 2.58. The van der Waals surface area contributed by atoms with Crippen LogP contribution in [0.4, 0.5) is 4.39 Å². The van der Waals surface area contributed by atoms with Crippen LogP contribution in [0.3, 0.4) is 0 Å². The lowest BCUT2D eigenvalue weighted by atomic mass is 10.2. The Morgan fingerprint density at radius 3 is 2.79 bits per heavy atom. The van der Waals surface area contributed by atoms with Gasteiger partial charge in [-0.1, -0.05) is 26.2 Å². The molecule has 0 atom stereocenters. The van der Waals surface area contributed by atoms with Crippen molar-refractivity contribution >= 4 is 12.0 Å². The fourth-order valence-electron chi connectivity index (χ4n) is 1.65. The number of carboxylic acids is 1. The topological polar surface area (TPSA) is 46.5 Å². The monoisotopic (exact) mass is 266 g/mol. The Kier molecular flexibility index (Phi) is 6.64. The van der Waals surface area contributed by atoms with Crippen LogP contribution in [0.5, 0.6) is 5.75 Å². The molecule has 0 saturated heterocycles. The van der Waals surface area contributed by atoms with Crippen LogP contribution in [0.25, 0.3) is 6.08 Å². The summed E-state index contributed by atoms with van der Waals surface area (Å²) in [4.78, 5) is 10.4. The van der Waals surface area contributed by atoms with E-state index >= 15 is 0 Å². The molecule has 1 N–H and O–H groups in total.